The highest BCUT2D eigenvalue weighted by atomic mass is 32.1. The second-order valence-corrected chi connectivity index (χ2v) is 8.87. The molecule has 0 saturated carbocycles. The molecular weight excluding hydrogens is 448 g/mol. The average Bonchev–Trinajstić information content (AvgIpc) is 3.29. The Morgan fingerprint density at radius 3 is 2.76 bits per heavy atom. The number of amides is 1. The number of para-hydroxylation sites is 1. The van der Waals surface area contributed by atoms with Gasteiger partial charge in [-0.05, 0) is 68.5 Å². The second-order valence-electron chi connectivity index (χ2n) is 8.48. The lowest BCUT2D eigenvalue weighted by molar-refractivity contribution is 0.0923. The monoisotopic (exact) mass is 474 g/mol. The maximum atomic E-state index is 12.9. The van der Waals surface area contributed by atoms with E-state index < -0.39 is 0 Å². The highest BCUT2D eigenvalue weighted by molar-refractivity contribution is 7.71. The molecule has 4 aromatic rings. The molecule has 1 fully saturated rings. The number of ether oxygens (including phenoxy) is 1. The smallest absolute Gasteiger partial charge is 0.251 e. The Labute approximate surface area is 202 Å². The predicted octanol–water partition coefficient (Wildman–Crippen LogP) is 3.78. The van der Waals surface area contributed by atoms with Crippen LogP contribution in [0, 0.1) is 11.7 Å². The van der Waals surface area contributed by atoms with Gasteiger partial charge >= 0.3 is 0 Å². The second kappa shape index (κ2) is 9.74. The zero-order valence-electron chi connectivity index (χ0n) is 18.8. The minimum absolute atomic E-state index is 0.0689. The van der Waals surface area contributed by atoms with Crippen molar-refractivity contribution in [3.05, 3.63) is 82.0 Å². The molecule has 2 aromatic heterocycles. The molecule has 34 heavy (non-hydrogen) atoms. The standard InChI is InChI=1S/C25H26N6O2S/c1-15-12-17(19-4-2-3-5-21(19)27-15)14-33-18-8-6-16(7-9-18)24(32)28-22-13-26-11-10-20(22)23-29-25(34)31-30-23/h2-9,12,20,22,26H,10-11,13-14H2,1H3,(H,28,32)(H2,29,30,31,34). The van der Waals surface area contributed by atoms with E-state index in [0.29, 0.717) is 29.2 Å². The molecule has 3 heterocycles. The first-order chi connectivity index (χ1) is 16.6. The molecule has 1 amide bonds. The summed E-state index contributed by atoms with van der Waals surface area (Å²) < 4.78 is 6.44. The molecule has 1 aliphatic heterocycles. The van der Waals surface area contributed by atoms with E-state index in [1.54, 1.807) is 12.1 Å². The summed E-state index contributed by atoms with van der Waals surface area (Å²) >= 11 is 5.08. The Morgan fingerprint density at radius 1 is 1.15 bits per heavy atom. The fraction of sp³-hybridized carbons (Fsp3) is 0.280. The largest absolute Gasteiger partial charge is 0.489 e. The summed E-state index contributed by atoms with van der Waals surface area (Å²) in [6.07, 6.45) is 0.858. The van der Waals surface area contributed by atoms with Gasteiger partial charge in [-0.2, -0.15) is 0 Å². The Kier molecular flexibility index (Phi) is 6.37. The van der Waals surface area contributed by atoms with E-state index in [1.165, 1.54) is 0 Å². The molecule has 1 aliphatic rings. The van der Waals surface area contributed by atoms with E-state index in [1.807, 2.05) is 43.3 Å². The summed E-state index contributed by atoms with van der Waals surface area (Å²) in [5, 5.41) is 13.4. The number of hydrogen-bond acceptors (Lipinski definition) is 6. The SMILES string of the molecule is Cc1cc(COc2ccc(C(=O)NC3CNCCC3c3nc(=S)[nH][nH]3)cc2)c2ccccc2n1. The molecule has 2 atom stereocenters. The Morgan fingerprint density at radius 2 is 1.97 bits per heavy atom. The molecule has 4 N–H and O–H groups in total. The van der Waals surface area contributed by atoms with Gasteiger partial charge in [-0.3, -0.25) is 20.0 Å². The lowest BCUT2D eigenvalue weighted by atomic mass is 9.91. The number of fused-ring (bicyclic) bond motifs is 1. The lowest BCUT2D eigenvalue weighted by Crippen LogP contribution is -2.50. The van der Waals surface area contributed by atoms with Crippen LogP contribution in [0.5, 0.6) is 5.75 Å². The molecule has 1 saturated heterocycles. The van der Waals surface area contributed by atoms with Crippen LogP contribution < -0.4 is 15.4 Å². The van der Waals surface area contributed by atoms with Crippen LogP contribution in [0.1, 0.15) is 39.8 Å². The topological polar surface area (TPSA) is 108 Å². The normalized spacial score (nSPS) is 18.0. The third-order valence-electron chi connectivity index (χ3n) is 6.11. The van der Waals surface area contributed by atoms with Crippen molar-refractivity contribution >= 4 is 29.0 Å². The van der Waals surface area contributed by atoms with E-state index in [2.05, 4.69) is 36.9 Å². The number of aryl methyl sites for hydroxylation is 1. The van der Waals surface area contributed by atoms with E-state index >= 15 is 0 Å². The van der Waals surface area contributed by atoms with Crippen molar-refractivity contribution in [2.24, 2.45) is 0 Å². The van der Waals surface area contributed by atoms with Gasteiger partial charge in [-0.1, -0.05) is 18.2 Å². The Balaban J connectivity index is 1.24. The van der Waals surface area contributed by atoms with Crippen molar-refractivity contribution < 1.29 is 9.53 Å². The predicted molar refractivity (Wildman–Crippen MR) is 133 cm³/mol. The maximum absolute atomic E-state index is 12.9. The fourth-order valence-corrected chi connectivity index (χ4v) is 4.57. The number of pyridine rings is 1. The van der Waals surface area contributed by atoms with Crippen LogP contribution in [0.2, 0.25) is 0 Å². The van der Waals surface area contributed by atoms with Gasteiger partial charge in [0.2, 0.25) is 4.77 Å². The first kappa shape index (κ1) is 22.2. The Hall–Kier alpha value is -3.56. The summed E-state index contributed by atoms with van der Waals surface area (Å²) in [6, 6.07) is 17.2. The van der Waals surface area contributed by atoms with Gasteiger partial charge in [0, 0.05) is 34.7 Å². The number of benzene rings is 2. The number of nitrogens with one attached hydrogen (secondary N) is 4. The van der Waals surface area contributed by atoms with E-state index in [4.69, 9.17) is 17.0 Å². The number of carbonyl (C=O) groups excluding carboxylic acids is 1. The van der Waals surface area contributed by atoms with Crippen molar-refractivity contribution in [2.45, 2.75) is 31.9 Å². The third-order valence-corrected chi connectivity index (χ3v) is 6.30. The number of piperidine rings is 1. The van der Waals surface area contributed by atoms with Crippen LogP contribution in [0.25, 0.3) is 10.9 Å². The fourth-order valence-electron chi connectivity index (χ4n) is 4.43. The summed E-state index contributed by atoms with van der Waals surface area (Å²) in [4.78, 5) is 21.9. The van der Waals surface area contributed by atoms with E-state index in [9.17, 15) is 4.79 Å². The van der Waals surface area contributed by atoms with Crippen LogP contribution in [0.15, 0.2) is 54.6 Å². The zero-order chi connectivity index (χ0) is 23.5. The molecule has 2 aromatic carbocycles. The minimum Gasteiger partial charge on any atom is -0.489 e. The number of carbonyl (C=O) groups is 1. The van der Waals surface area contributed by atoms with Crippen LogP contribution in [0.3, 0.4) is 0 Å². The maximum Gasteiger partial charge on any atom is 0.251 e. The van der Waals surface area contributed by atoms with Crippen LogP contribution >= 0.6 is 12.2 Å². The molecule has 0 radical (unpaired) electrons. The number of nitrogens with zero attached hydrogens (tertiary/aromatic N) is 2. The lowest BCUT2D eigenvalue weighted by Gasteiger charge is -2.31. The minimum atomic E-state index is -0.130. The molecule has 2 unspecified atom stereocenters. The molecule has 0 spiro atoms. The van der Waals surface area contributed by atoms with Gasteiger partial charge in [0.15, 0.2) is 0 Å². The van der Waals surface area contributed by atoms with Gasteiger partial charge in [0.05, 0.1) is 11.6 Å². The van der Waals surface area contributed by atoms with Crippen molar-refractivity contribution in [2.75, 3.05) is 13.1 Å². The molecule has 8 nitrogen and oxygen atoms in total. The van der Waals surface area contributed by atoms with Crippen molar-refractivity contribution in [1.82, 2.24) is 30.8 Å². The molecule has 0 aliphatic carbocycles. The van der Waals surface area contributed by atoms with E-state index in [0.717, 1.165) is 41.0 Å². The van der Waals surface area contributed by atoms with Gasteiger partial charge in [0.25, 0.3) is 5.91 Å². The number of H-pyrrole nitrogens is 2. The van der Waals surface area contributed by atoms with Crippen molar-refractivity contribution in [1.29, 1.82) is 0 Å². The number of aromatic nitrogens is 4. The highest BCUT2D eigenvalue weighted by Gasteiger charge is 2.30. The summed E-state index contributed by atoms with van der Waals surface area (Å²) in [7, 11) is 0. The molecular formula is C25H26N6O2S. The average molecular weight is 475 g/mol. The molecule has 174 valence electrons. The quantitative estimate of drug-likeness (QED) is 0.317. The summed E-state index contributed by atoms with van der Waals surface area (Å²) in [5.74, 6) is 1.42. The van der Waals surface area contributed by atoms with Gasteiger partial charge in [0.1, 0.15) is 18.2 Å². The Bertz CT molecular complexity index is 1360. The van der Waals surface area contributed by atoms with Crippen LogP contribution in [-0.4, -0.2) is 45.2 Å². The zero-order valence-corrected chi connectivity index (χ0v) is 19.6. The van der Waals surface area contributed by atoms with Gasteiger partial charge < -0.3 is 15.4 Å². The van der Waals surface area contributed by atoms with Gasteiger partial charge in [-0.25, -0.2) is 4.98 Å². The number of hydrogen-bond donors (Lipinski definition) is 4. The van der Waals surface area contributed by atoms with Crippen LogP contribution in [0.4, 0.5) is 0 Å². The summed E-state index contributed by atoms with van der Waals surface area (Å²) in [6.45, 7) is 3.94. The molecule has 5 rings (SSSR count). The first-order valence-corrected chi connectivity index (χ1v) is 11.7. The van der Waals surface area contributed by atoms with Crippen molar-refractivity contribution in [3.8, 4) is 5.75 Å². The molecule has 0 bridgehead atoms. The third kappa shape index (κ3) is 4.85. The first-order valence-electron chi connectivity index (χ1n) is 11.3. The highest BCUT2D eigenvalue weighted by Crippen LogP contribution is 2.24. The summed E-state index contributed by atoms with van der Waals surface area (Å²) in [5.41, 5.74) is 3.58. The number of aromatic amines is 2. The van der Waals surface area contributed by atoms with E-state index in [-0.39, 0.29) is 17.9 Å². The van der Waals surface area contributed by atoms with Crippen LogP contribution in [-0.2, 0) is 6.61 Å². The number of rotatable bonds is 6. The van der Waals surface area contributed by atoms with Gasteiger partial charge in [-0.15, -0.1) is 0 Å². The molecule has 9 heteroatoms. The van der Waals surface area contributed by atoms with Crippen molar-refractivity contribution in [3.63, 3.8) is 0 Å².